The number of hydrogen-bond acceptors (Lipinski definition) is 1. The second kappa shape index (κ2) is 7.26. The zero-order chi connectivity index (χ0) is 8.53. The van der Waals surface area contributed by atoms with Crippen LogP contribution in [0.15, 0.2) is 23.8 Å². The molecule has 0 aromatic carbocycles. The van der Waals surface area contributed by atoms with Crippen LogP contribution in [-0.2, 0) is 4.79 Å². The Morgan fingerprint density at radius 1 is 1.27 bits per heavy atom. The average Bonchev–Trinajstić information content (AvgIpc) is 1.96. The lowest BCUT2D eigenvalue weighted by atomic mass is 10.2. The van der Waals surface area contributed by atoms with E-state index in [0.29, 0.717) is 6.42 Å². The molecule has 0 spiro atoms. The first-order chi connectivity index (χ1) is 5.27. The van der Waals surface area contributed by atoms with Crippen molar-refractivity contribution in [2.75, 3.05) is 0 Å². The highest BCUT2D eigenvalue weighted by atomic mass is 16.1. The number of rotatable bonds is 5. The molecule has 0 fully saturated rings. The van der Waals surface area contributed by atoms with Gasteiger partial charge in [0.25, 0.3) is 0 Å². The summed E-state index contributed by atoms with van der Waals surface area (Å²) in [5.74, 6) is 0. The highest BCUT2D eigenvalue weighted by Gasteiger charge is 1.79. The number of hydrogen-bond donors (Lipinski definition) is 0. The minimum atomic E-state index is 0.680. The molecule has 0 amide bonds. The summed E-state index contributed by atoms with van der Waals surface area (Å²) >= 11 is 0. The van der Waals surface area contributed by atoms with Gasteiger partial charge in [0.1, 0.15) is 6.29 Å². The fourth-order valence-corrected chi connectivity index (χ4v) is 0.676. The molecular formula is C10H16O. The number of carbonyl (C=O) groups excluding carboxylic acids is 1. The Balaban J connectivity index is 3.30. The van der Waals surface area contributed by atoms with Crippen LogP contribution >= 0.6 is 0 Å². The van der Waals surface area contributed by atoms with Crippen LogP contribution in [0.3, 0.4) is 0 Å². The van der Waals surface area contributed by atoms with Gasteiger partial charge in [0.15, 0.2) is 0 Å². The quantitative estimate of drug-likeness (QED) is 0.336. The maximum atomic E-state index is 9.91. The van der Waals surface area contributed by atoms with Gasteiger partial charge in [-0.05, 0) is 26.7 Å². The van der Waals surface area contributed by atoms with Crippen LogP contribution in [0, 0.1) is 0 Å². The predicted molar refractivity (Wildman–Crippen MR) is 48.5 cm³/mol. The normalized spacial score (nSPS) is 10.0. The monoisotopic (exact) mass is 152 g/mol. The van der Waals surface area contributed by atoms with Crippen LogP contribution in [0.1, 0.15) is 33.1 Å². The lowest BCUT2D eigenvalue weighted by molar-refractivity contribution is -0.107. The molecule has 0 aliphatic heterocycles. The summed E-state index contributed by atoms with van der Waals surface area (Å²) < 4.78 is 0. The minimum absolute atomic E-state index is 0.680. The van der Waals surface area contributed by atoms with E-state index in [4.69, 9.17) is 0 Å². The van der Waals surface area contributed by atoms with Crippen molar-refractivity contribution in [1.29, 1.82) is 0 Å². The number of allylic oxidation sites excluding steroid dienone is 4. The minimum Gasteiger partial charge on any atom is -0.303 e. The zero-order valence-corrected chi connectivity index (χ0v) is 7.34. The van der Waals surface area contributed by atoms with E-state index in [9.17, 15) is 4.79 Å². The molecule has 0 bridgehead atoms. The highest BCUT2D eigenvalue weighted by molar-refractivity contribution is 5.49. The summed E-state index contributed by atoms with van der Waals surface area (Å²) in [6.45, 7) is 4.13. The van der Waals surface area contributed by atoms with E-state index in [-0.39, 0.29) is 0 Å². The van der Waals surface area contributed by atoms with Crippen molar-refractivity contribution >= 4 is 6.29 Å². The van der Waals surface area contributed by atoms with E-state index < -0.39 is 0 Å². The van der Waals surface area contributed by atoms with Crippen molar-refractivity contribution in [2.45, 2.75) is 33.1 Å². The van der Waals surface area contributed by atoms with E-state index in [1.807, 2.05) is 6.08 Å². The second-order valence-electron chi connectivity index (χ2n) is 2.77. The molecule has 1 nitrogen and oxygen atoms in total. The number of aldehydes is 1. The Bertz CT molecular complexity index is 150. The molecule has 0 aromatic heterocycles. The fraction of sp³-hybridized carbons (Fsp3) is 0.500. The Hall–Kier alpha value is -0.850. The molecule has 0 atom stereocenters. The van der Waals surface area contributed by atoms with E-state index in [0.717, 1.165) is 19.1 Å². The molecule has 0 aliphatic rings. The maximum Gasteiger partial charge on any atom is 0.120 e. The Morgan fingerprint density at radius 2 is 2.00 bits per heavy atom. The van der Waals surface area contributed by atoms with Crippen LogP contribution < -0.4 is 0 Å². The molecule has 62 valence electrons. The third-order valence-corrected chi connectivity index (χ3v) is 1.26. The van der Waals surface area contributed by atoms with Crippen molar-refractivity contribution in [3.63, 3.8) is 0 Å². The van der Waals surface area contributed by atoms with E-state index >= 15 is 0 Å². The van der Waals surface area contributed by atoms with E-state index in [1.165, 1.54) is 5.57 Å². The van der Waals surface area contributed by atoms with Gasteiger partial charge in [-0.1, -0.05) is 23.8 Å². The van der Waals surface area contributed by atoms with Gasteiger partial charge in [-0.15, -0.1) is 0 Å². The van der Waals surface area contributed by atoms with Gasteiger partial charge < -0.3 is 4.79 Å². The molecule has 0 saturated heterocycles. The Morgan fingerprint density at radius 3 is 2.55 bits per heavy atom. The number of carbonyl (C=O) groups is 1. The van der Waals surface area contributed by atoms with Gasteiger partial charge in [-0.2, -0.15) is 0 Å². The highest BCUT2D eigenvalue weighted by Crippen LogP contribution is 1.95. The number of unbranched alkanes of at least 4 members (excludes halogenated alkanes) is 2. The smallest absolute Gasteiger partial charge is 0.120 e. The van der Waals surface area contributed by atoms with Gasteiger partial charge in [0, 0.05) is 6.42 Å². The molecule has 0 aromatic rings. The summed E-state index contributed by atoms with van der Waals surface area (Å²) in [5, 5.41) is 0. The van der Waals surface area contributed by atoms with Gasteiger partial charge in [0.05, 0.1) is 0 Å². The maximum absolute atomic E-state index is 9.91. The fourth-order valence-electron chi connectivity index (χ4n) is 0.676. The molecular weight excluding hydrogens is 136 g/mol. The summed E-state index contributed by atoms with van der Waals surface area (Å²) in [6.07, 6.45) is 9.82. The first-order valence-corrected chi connectivity index (χ1v) is 4.01. The Labute approximate surface area is 68.8 Å². The van der Waals surface area contributed by atoms with Crippen molar-refractivity contribution in [1.82, 2.24) is 0 Å². The molecule has 1 heteroatoms. The topological polar surface area (TPSA) is 17.1 Å². The van der Waals surface area contributed by atoms with Crippen LogP contribution in [0.2, 0.25) is 0 Å². The zero-order valence-electron chi connectivity index (χ0n) is 7.34. The Kier molecular flexibility index (Phi) is 6.70. The standard InChI is InChI=1S/C10H16O/c1-10(2)8-6-4-3-5-7-9-11/h4,6,8-9H,3,5,7H2,1-2H3. The second-order valence-corrected chi connectivity index (χ2v) is 2.77. The van der Waals surface area contributed by atoms with Gasteiger partial charge in [-0.3, -0.25) is 0 Å². The van der Waals surface area contributed by atoms with Gasteiger partial charge in [0.2, 0.25) is 0 Å². The van der Waals surface area contributed by atoms with Crippen LogP contribution in [0.4, 0.5) is 0 Å². The van der Waals surface area contributed by atoms with Crippen LogP contribution in [0.25, 0.3) is 0 Å². The molecule has 0 N–H and O–H groups in total. The average molecular weight is 152 g/mol. The predicted octanol–water partition coefficient (Wildman–Crippen LogP) is 2.88. The van der Waals surface area contributed by atoms with Gasteiger partial charge in [-0.25, -0.2) is 0 Å². The lowest BCUT2D eigenvalue weighted by Crippen LogP contribution is -1.73. The first-order valence-electron chi connectivity index (χ1n) is 4.01. The summed E-state index contributed by atoms with van der Waals surface area (Å²) in [5.41, 5.74) is 1.30. The SMILES string of the molecule is CC(C)=CC=CCCCC=O. The molecule has 0 heterocycles. The molecule has 0 aliphatic carbocycles. The summed E-state index contributed by atoms with van der Waals surface area (Å²) in [4.78, 5) is 9.91. The molecule has 0 radical (unpaired) electrons. The van der Waals surface area contributed by atoms with Crippen molar-refractivity contribution < 1.29 is 4.79 Å². The summed E-state index contributed by atoms with van der Waals surface area (Å²) in [6, 6.07) is 0. The van der Waals surface area contributed by atoms with E-state index in [2.05, 4.69) is 26.0 Å². The van der Waals surface area contributed by atoms with Crippen molar-refractivity contribution in [3.05, 3.63) is 23.8 Å². The third-order valence-electron chi connectivity index (χ3n) is 1.26. The molecule has 0 saturated carbocycles. The van der Waals surface area contributed by atoms with Crippen LogP contribution in [-0.4, -0.2) is 6.29 Å². The molecule has 0 rings (SSSR count). The van der Waals surface area contributed by atoms with Crippen molar-refractivity contribution in [2.24, 2.45) is 0 Å². The van der Waals surface area contributed by atoms with E-state index in [1.54, 1.807) is 0 Å². The molecule has 11 heavy (non-hydrogen) atoms. The van der Waals surface area contributed by atoms with Crippen LogP contribution in [0.5, 0.6) is 0 Å². The molecule has 0 unspecified atom stereocenters. The first kappa shape index (κ1) is 10.2. The van der Waals surface area contributed by atoms with Gasteiger partial charge >= 0.3 is 0 Å². The lowest BCUT2D eigenvalue weighted by Gasteiger charge is -1.86. The summed E-state index contributed by atoms with van der Waals surface area (Å²) in [7, 11) is 0. The van der Waals surface area contributed by atoms with Crippen molar-refractivity contribution in [3.8, 4) is 0 Å². The largest absolute Gasteiger partial charge is 0.303 e. The third kappa shape index (κ3) is 9.15.